The molecule has 9 heteroatoms. The number of amides is 1. The molecule has 1 heterocycles. The lowest BCUT2D eigenvalue weighted by atomic mass is 10.1. The molecule has 1 amide bonds. The van der Waals surface area contributed by atoms with Gasteiger partial charge in [0, 0.05) is 35.6 Å². The number of sulfonamides is 1. The molecule has 0 aromatic heterocycles. The van der Waals surface area contributed by atoms with Crippen LogP contribution in [0, 0.1) is 12.7 Å². The molecule has 0 saturated carbocycles. The molecule has 2 aromatic carbocycles. The molecule has 1 saturated heterocycles. The van der Waals surface area contributed by atoms with Crippen molar-refractivity contribution >= 4 is 33.0 Å². The van der Waals surface area contributed by atoms with E-state index in [-0.39, 0.29) is 23.5 Å². The fourth-order valence-electron chi connectivity index (χ4n) is 3.65. The van der Waals surface area contributed by atoms with Crippen molar-refractivity contribution in [3.63, 3.8) is 0 Å². The average Bonchev–Trinajstić information content (AvgIpc) is 2.71. The quantitative estimate of drug-likeness (QED) is 0.672. The minimum Gasteiger partial charge on any atom is -0.372 e. The van der Waals surface area contributed by atoms with Gasteiger partial charge in [0.15, 0.2) is 5.82 Å². The Morgan fingerprint density at radius 3 is 2.25 bits per heavy atom. The first-order valence-corrected chi connectivity index (χ1v) is 12.1. The zero-order valence-electron chi connectivity index (χ0n) is 19.0. The Labute approximate surface area is 189 Å². The highest BCUT2D eigenvalue weighted by molar-refractivity contribution is 7.93. The highest BCUT2D eigenvalue weighted by Crippen LogP contribution is 2.30. The third-order valence-electron chi connectivity index (χ3n) is 5.39. The van der Waals surface area contributed by atoms with Crippen LogP contribution >= 0.6 is 0 Å². The van der Waals surface area contributed by atoms with Crippen LogP contribution < -0.4 is 14.9 Å². The van der Waals surface area contributed by atoms with Gasteiger partial charge in [-0.05, 0) is 71.0 Å². The van der Waals surface area contributed by atoms with Crippen LogP contribution in [0.15, 0.2) is 36.4 Å². The average molecular weight is 464 g/mol. The summed E-state index contributed by atoms with van der Waals surface area (Å²) in [6, 6.07) is 9.35. The molecule has 2 aromatic rings. The first-order valence-electron chi connectivity index (χ1n) is 10.6. The molecule has 0 radical (unpaired) electrons. The molecule has 1 aliphatic rings. The van der Waals surface area contributed by atoms with Gasteiger partial charge in [-0.2, -0.15) is 0 Å². The molecule has 1 aliphatic heterocycles. The number of nitrogens with one attached hydrogen (secondary N) is 2. The Morgan fingerprint density at radius 1 is 1.09 bits per heavy atom. The number of halogens is 1. The summed E-state index contributed by atoms with van der Waals surface area (Å²) in [7, 11) is -3.48. The standard InChI is InChI=1S/C23H30FN3O4S/c1-14(2)32(29,30)26-19-8-6-18(7-9-19)23(28)25-20-10-11-21(17(5)22(20)24)27-12-15(3)31-16(4)13-27/h6-11,14-16,26H,12-13H2,1-5H3,(H,25,28). The van der Waals surface area contributed by atoms with Crippen LogP contribution in [0.3, 0.4) is 0 Å². The van der Waals surface area contributed by atoms with E-state index in [9.17, 15) is 13.2 Å². The van der Waals surface area contributed by atoms with Gasteiger partial charge in [0.1, 0.15) is 0 Å². The molecular formula is C23H30FN3O4S. The Morgan fingerprint density at radius 2 is 1.69 bits per heavy atom. The summed E-state index contributed by atoms with van der Waals surface area (Å²) in [5, 5.41) is 2.03. The summed E-state index contributed by atoms with van der Waals surface area (Å²) < 4.78 is 47.2. The first kappa shape index (κ1) is 24.0. The lowest BCUT2D eigenvalue weighted by molar-refractivity contribution is -0.00526. The Bertz CT molecular complexity index is 1080. The van der Waals surface area contributed by atoms with E-state index in [0.29, 0.717) is 24.3 Å². The van der Waals surface area contributed by atoms with E-state index in [0.717, 1.165) is 5.69 Å². The fourth-order valence-corrected chi connectivity index (χ4v) is 4.36. The monoisotopic (exact) mass is 463 g/mol. The molecule has 2 unspecified atom stereocenters. The minimum absolute atomic E-state index is 0.0496. The van der Waals surface area contributed by atoms with E-state index in [1.54, 1.807) is 26.8 Å². The van der Waals surface area contributed by atoms with Gasteiger partial charge in [-0.3, -0.25) is 9.52 Å². The van der Waals surface area contributed by atoms with Crippen molar-refractivity contribution in [3.8, 4) is 0 Å². The van der Waals surface area contributed by atoms with Crippen LogP contribution in [0.4, 0.5) is 21.5 Å². The Hall–Kier alpha value is -2.65. The summed E-state index contributed by atoms with van der Waals surface area (Å²) in [4.78, 5) is 14.7. The van der Waals surface area contributed by atoms with E-state index in [1.165, 1.54) is 24.3 Å². The van der Waals surface area contributed by atoms with Crippen molar-refractivity contribution in [2.45, 2.75) is 52.1 Å². The van der Waals surface area contributed by atoms with Crippen LogP contribution in [0.25, 0.3) is 0 Å². The summed E-state index contributed by atoms with van der Waals surface area (Å²) >= 11 is 0. The lowest BCUT2D eigenvalue weighted by Crippen LogP contribution is -2.45. The van der Waals surface area contributed by atoms with E-state index in [4.69, 9.17) is 4.74 Å². The molecule has 3 rings (SSSR count). The van der Waals surface area contributed by atoms with Gasteiger partial charge in [-0.15, -0.1) is 0 Å². The number of nitrogens with zero attached hydrogens (tertiary/aromatic N) is 1. The molecular weight excluding hydrogens is 433 g/mol. The first-order chi connectivity index (χ1) is 15.0. The van der Waals surface area contributed by atoms with Gasteiger partial charge in [0.05, 0.1) is 23.1 Å². The van der Waals surface area contributed by atoms with Crippen molar-refractivity contribution in [2.75, 3.05) is 28.0 Å². The van der Waals surface area contributed by atoms with Crippen LogP contribution in [-0.4, -0.2) is 44.9 Å². The second kappa shape index (κ2) is 9.46. The maximum atomic E-state index is 15.1. The van der Waals surface area contributed by atoms with Gasteiger partial charge in [-0.25, -0.2) is 12.8 Å². The second-order valence-electron chi connectivity index (χ2n) is 8.46. The van der Waals surface area contributed by atoms with Crippen molar-refractivity contribution in [3.05, 3.63) is 53.3 Å². The molecule has 7 nitrogen and oxygen atoms in total. The molecule has 174 valence electrons. The Balaban J connectivity index is 1.73. The molecule has 0 bridgehead atoms. The van der Waals surface area contributed by atoms with Gasteiger partial charge in [0.25, 0.3) is 5.91 Å². The van der Waals surface area contributed by atoms with Gasteiger partial charge >= 0.3 is 0 Å². The third kappa shape index (κ3) is 5.39. The SMILES string of the molecule is Cc1c(N2CC(C)OC(C)C2)ccc(NC(=O)c2ccc(NS(=O)(=O)C(C)C)cc2)c1F. The normalized spacial score (nSPS) is 19.2. The number of morpholine rings is 1. The summed E-state index contributed by atoms with van der Waals surface area (Å²) in [5.74, 6) is -0.966. The van der Waals surface area contributed by atoms with E-state index in [1.807, 2.05) is 19.9 Å². The summed E-state index contributed by atoms with van der Waals surface area (Å²) in [6.45, 7) is 10.2. The second-order valence-corrected chi connectivity index (χ2v) is 10.7. The number of benzene rings is 2. The number of ether oxygens (including phenoxy) is 1. The van der Waals surface area contributed by atoms with Crippen LogP contribution in [0.2, 0.25) is 0 Å². The van der Waals surface area contributed by atoms with Gasteiger partial charge < -0.3 is 15.0 Å². The highest BCUT2D eigenvalue weighted by Gasteiger charge is 2.25. The topological polar surface area (TPSA) is 87.7 Å². The molecule has 0 spiro atoms. The predicted octanol–water partition coefficient (Wildman–Crippen LogP) is 4.15. The molecule has 1 fully saturated rings. The van der Waals surface area contributed by atoms with E-state index >= 15 is 4.39 Å². The van der Waals surface area contributed by atoms with Crippen molar-refractivity contribution in [2.24, 2.45) is 0 Å². The maximum Gasteiger partial charge on any atom is 0.255 e. The maximum absolute atomic E-state index is 15.1. The number of hydrogen-bond donors (Lipinski definition) is 2. The number of carbonyl (C=O) groups is 1. The zero-order chi connectivity index (χ0) is 23.6. The summed E-state index contributed by atoms with van der Waals surface area (Å²) in [6.07, 6.45) is 0.0992. The van der Waals surface area contributed by atoms with Crippen molar-refractivity contribution < 1.29 is 22.3 Å². The van der Waals surface area contributed by atoms with E-state index < -0.39 is 27.0 Å². The number of rotatable bonds is 6. The molecule has 0 aliphatic carbocycles. The zero-order valence-corrected chi connectivity index (χ0v) is 19.8. The summed E-state index contributed by atoms with van der Waals surface area (Å²) in [5.41, 5.74) is 1.98. The smallest absolute Gasteiger partial charge is 0.255 e. The van der Waals surface area contributed by atoms with Gasteiger partial charge in [0.2, 0.25) is 10.0 Å². The van der Waals surface area contributed by atoms with Crippen LogP contribution in [0.5, 0.6) is 0 Å². The Kier molecular flexibility index (Phi) is 7.09. The third-order valence-corrected chi connectivity index (χ3v) is 7.16. The molecule has 32 heavy (non-hydrogen) atoms. The fraction of sp³-hybridized carbons (Fsp3) is 0.435. The molecule has 2 atom stereocenters. The lowest BCUT2D eigenvalue weighted by Gasteiger charge is -2.37. The predicted molar refractivity (Wildman–Crippen MR) is 125 cm³/mol. The van der Waals surface area contributed by atoms with Crippen LogP contribution in [-0.2, 0) is 14.8 Å². The van der Waals surface area contributed by atoms with Gasteiger partial charge in [-0.1, -0.05) is 0 Å². The number of hydrogen-bond acceptors (Lipinski definition) is 5. The number of carbonyl (C=O) groups excluding carboxylic acids is 1. The van der Waals surface area contributed by atoms with Crippen molar-refractivity contribution in [1.29, 1.82) is 0 Å². The highest BCUT2D eigenvalue weighted by atomic mass is 32.2. The van der Waals surface area contributed by atoms with E-state index in [2.05, 4.69) is 14.9 Å². The molecule has 2 N–H and O–H groups in total. The largest absolute Gasteiger partial charge is 0.372 e. The van der Waals surface area contributed by atoms with Crippen LogP contribution in [0.1, 0.15) is 43.6 Å². The van der Waals surface area contributed by atoms with Crippen molar-refractivity contribution in [1.82, 2.24) is 0 Å². The number of anilines is 3. The minimum atomic E-state index is -3.48.